The summed E-state index contributed by atoms with van der Waals surface area (Å²) < 4.78 is 5.41. The molecule has 106 valence electrons. The Kier molecular flexibility index (Phi) is 5.20. The molecule has 0 aromatic carbocycles. The first-order chi connectivity index (χ1) is 9.20. The molecule has 1 fully saturated rings. The second kappa shape index (κ2) is 6.90. The lowest BCUT2D eigenvalue weighted by atomic mass is 9.95. The molecule has 0 spiro atoms. The fourth-order valence-corrected chi connectivity index (χ4v) is 2.88. The maximum Gasteiger partial charge on any atom is 0.213 e. The third-order valence-electron chi connectivity index (χ3n) is 3.65. The number of likely N-dealkylation sites (tertiary alicyclic amines) is 1. The number of pyridine rings is 1. The van der Waals surface area contributed by atoms with Gasteiger partial charge in [0.05, 0.1) is 6.61 Å². The van der Waals surface area contributed by atoms with Gasteiger partial charge in [-0.05, 0) is 37.8 Å². The van der Waals surface area contributed by atoms with Gasteiger partial charge in [0.2, 0.25) is 5.88 Å². The minimum Gasteiger partial charge on any atom is -0.478 e. The van der Waals surface area contributed by atoms with Crippen LogP contribution in [-0.4, -0.2) is 29.6 Å². The molecule has 0 unspecified atom stereocenters. The van der Waals surface area contributed by atoms with Gasteiger partial charge in [-0.25, -0.2) is 4.98 Å². The van der Waals surface area contributed by atoms with Crippen molar-refractivity contribution in [1.82, 2.24) is 9.88 Å². The van der Waals surface area contributed by atoms with Gasteiger partial charge in [0.1, 0.15) is 0 Å². The highest BCUT2D eigenvalue weighted by Gasteiger charge is 2.24. The zero-order valence-corrected chi connectivity index (χ0v) is 12.4. The van der Waals surface area contributed by atoms with Crippen LogP contribution in [0.15, 0.2) is 18.3 Å². The lowest BCUT2D eigenvalue weighted by Crippen LogP contribution is -2.36. The molecular weight excluding hydrogens is 236 g/mol. The Hall–Kier alpha value is -1.09. The summed E-state index contributed by atoms with van der Waals surface area (Å²) in [6, 6.07) is 4.72. The van der Waals surface area contributed by atoms with Crippen LogP contribution in [0.5, 0.6) is 5.88 Å². The summed E-state index contributed by atoms with van der Waals surface area (Å²) in [6.45, 7) is 9.65. The Labute approximate surface area is 117 Å². The fourth-order valence-electron chi connectivity index (χ4n) is 2.88. The fraction of sp³-hybridized carbons (Fsp3) is 0.688. The normalized spacial score (nSPS) is 20.7. The first kappa shape index (κ1) is 14.3. The number of piperidine rings is 1. The van der Waals surface area contributed by atoms with E-state index in [1.54, 1.807) is 0 Å². The zero-order chi connectivity index (χ0) is 13.7. The predicted octanol–water partition coefficient (Wildman–Crippen LogP) is 3.66. The first-order valence-corrected chi connectivity index (χ1v) is 7.53. The molecule has 1 aliphatic rings. The first-order valence-electron chi connectivity index (χ1n) is 7.53. The van der Waals surface area contributed by atoms with Crippen LogP contribution >= 0.6 is 0 Å². The quantitative estimate of drug-likeness (QED) is 0.809. The zero-order valence-electron chi connectivity index (χ0n) is 12.4. The van der Waals surface area contributed by atoms with Crippen molar-refractivity contribution in [2.24, 2.45) is 5.92 Å². The molecule has 0 bridgehead atoms. The molecule has 1 atom stereocenters. The minimum atomic E-state index is 0.541. The summed E-state index contributed by atoms with van der Waals surface area (Å²) in [5, 5.41) is 0. The van der Waals surface area contributed by atoms with Gasteiger partial charge in [-0.2, -0.15) is 0 Å². The molecule has 1 aromatic rings. The molecule has 2 heterocycles. The molecule has 19 heavy (non-hydrogen) atoms. The topological polar surface area (TPSA) is 25.4 Å². The average Bonchev–Trinajstić information content (AvgIpc) is 2.40. The lowest BCUT2D eigenvalue weighted by Gasteiger charge is -2.37. The van der Waals surface area contributed by atoms with E-state index in [2.05, 4.69) is 29.8 Å². The molecule has 3 nitrogen and oxygen atoms in total. The molecular formula is C16H26N2O. The maximum absolute atomic E-state index is 5.41. The summed E-state index contributed by atoms with van der Waals surface area (Å²) in [4.78, 5) is 7.02. The van der Waals surface area contributed by atoms with Crippen LogP contribution in [0.4, 0.5) is 0 Å². The van der Waals surface area contributed by atoms with Gasteiger partial charge < -0.3 is 4.74 Å². The monoisotopic (exact) mass is 262 g/mol. The number of hydrogen-bond acceptors (Lipinski definition) is 3. The van der Waals surface area contributed by atoms with Gasteiger partial charge in [-0.15, -0.1) is 0 Å². The van der Waals surface area contributed by atoms with Gasteiger partial charge in [-0.3, -0.25) is 4.90 Å². The summed E-state index contributed by atoms with van der Waals surface area (Å²) in [5.41, 5.74) is 1.34. The van der Waals surface area contributed by atoms with Gasteiger partial charge in [0.25, 0.3) is 0 Å². The number of aromatic nitrogens is 1. The Balaban J connectivity index is 2.08. The Morgan fingerprint density at radius 2 is 2.21 bits per heavy atom. The van der Waals surface area contributed by atoms with E-state index in [4.69, 9.17) is 4.74 Å². The minimum absolute atomic E-state index is 0.541. The number of ether oxygens (including phenoxy) is 1. The van der Waals surface area contributed by atoms with Gasteiger partial charge in [0, 0.05) is 24.8 Å². The van der Waals surface area contributed by atoms with E-state index in [-0.39, 0.29) is 0 Å². The van der Waals surface area contributed by atoms with Crippen LogP contribution in [0.25, 0.3) is 0 Å². The molecule has 2 rings (SSSR count). The van der Waals surface area contributed by atoms with Crippen molar-refractivity contribution in [2.45, 2.75) is 46.1 Å². The third-order valence-corrected chi connectivity index (χ3v) is 3.65. The number of hydrogen-bond donors (Lipinski definition) is 0. The summed E-state index contributed by atoms with van der Waals surface area (Å²) in [6.07, 6.45) is 5.90. The van der Waals surface area contributed by atoms with Crippen LogP contribution in [0.3, 0.4) is 0 Å². The highest BCUT2D eigenvalue weighted by Crippen LogP contribution is 2.31. The van der Waals surface area contributed by atoms with Crippen molar-refractivity contribution < 1.29 is 4.74 Å². The van der Waals surface area contributed by atoms with E-state index in [0.717, 1.165) is 11.8 Å². The van der Waals surface area contributed by atoms with Gasteiger partial charge in [-0.1, -0.05) is 26.3 Å². The second-order valence-corrected chi connectivity index (χ2v) is 5.76. The van der Waals surface area contributed by atoms with Crippen LogP contribution in [-0.2, 0) is 0 Å². The summed E-state index contributed by atoms with van der Waals surface area (Å²) >= 11 is 0. The van der Waals surface area contributed by atoms with Crippen molar-refractivity contribution in [3.63, 3.8) is 0 Å². The molecule has 0 radical (unpaired) electrons. The van der Waals surface area contributed by atoms with Crippen molar-refractivity contribution in [3.05, 3.63) is 23.9 Å². The van der Waals surface area contributed by atoms with Crippen molar-refractivity contribution in [2.75, 3.05) is 19.7 Å². The van der Waals surface area contributed by atoms with Crippen LogP contribution < -0.4 is 4.74 Å². The molecule has 0 aliphatic carbocycles. The summed E-state index contributed by atoms with van der Waals surface area (Å²) in [5.74, 6) is 1.45. The van der Waals surface area contributed by atoms with Crippen LogP contribution in [0.1, 0.15) is 51.6 Å². The lowest BCUT2D eigenvalue weighted by molar-refractivity contribution is 0.132. The van der Waals surface area contributed by atoms with E-state index in [0.29, 0.717) is 12.6 Å². The Morgan fingerprint density at radius 3 is 2.84 bits per heavy atom. The smallest absolute Gasteiger partial charge is 0.213 e. The molecule has 1 aromatic heterocycles. The van der Waals surface area contributed by atoms with Crippen molar-refractivity contribution in [3.8, 4) is 5.88 Å². The Morgan fingerprint density at radius 1 is 1.37 bits per heavy atom. The predicted molar refractivity (Wildman–Crippen MR) is 78.4 cm³/mol. The van der Waals surface area contributed by atoms with Crippen molar-refractivity contribution >= 4 is 0 Å². The van der Waals surface area contributed by atoms with E-state index in [9.17, 15) is 0 Å². The average molecular weight is 262 g/mol. The van der Waals surface area contributed by atoms with E-state index < -0.39 is 0 Å². The van der Waals surface area contributed by atoms with E-state index >= 15 is 0 Å². The van der Waals surface area contributed by atoms with Gasteiger partial charge >= 0.3 is 0 Å². The highest BCUT2D eigenvalue weighted by molar-refractivity contribution is 5.21. The maximum atomic E-state index is 5.41. The second-order valence-electron chi connectivity index (χ2n) is 5.76. The SMILES string of the molecule is CCOc1ccc([C@@H]2CCCCN2CC(C)C)cn1. The largest absolute Gasteiger partial charge is 0.478 e. The molecule has 1 saturated heterocycles. The van der Waals surface area contributed by atoms with Gasteiger partial charge in [0.15, 0.2) is 0 Å². The summed E-state index contributed by atoms with van der Waals surface area (Å²) in [7, 11) is 0. The highest BCUT2D eigenvalue weighted by atomic mass is 16.5. The van der Waals surface area contributed by atoms with Crippen LogP contribution in [0.2, 0.25) is 0 Å². The third kappa shape index (κ3) is 3.93. The van der Waals surface area contributed by atoms with E-state index in [1.807, 2.05) is 19.2 Å². The molecule has 0 amide bonds. The van der Waals surface area contributed by atoms with Crippen LogP contribution in [0, 0.1) is 5.92 Å². The molecule has 3 heteroatoms. The molecule has 0 saturated carbocycles. The van der Waals surface area contributed by atoms with E-state index in [1.165, 1.54) is 37.9 Å². The standard InChI is InChI=1S/C16H26N2O/c1-4-19-16-9-8-14(11-17-16)15-7-5-6-10-18(15)12-13(2)3/h8-9,11,13,15H,4-7,10,12H2,1-3H3/t15-/m0/s1. The molecule has 1 aliphatic heterocycles. The number of nitrogens with zero attached hydrogens (tertiary/aromatic N) is 2. The number of rotatable bonds is 5. The molecule has 0 N–H and O–H groups in total. The Bertz CT molecular complexity index is 375. The van der Waals surface area contributed by atoms with Crippen molar-refractivity contribution in [1.29, 1.82) is 0 Å².